The van der Waals surface area contributed by atoms with Crippen LogP contribution < -0.4 is 19.9 Å². The van der Waals surface area contributed by atoms with E-state index in [2.05, 4.69) is 45.4 Å². The van der Waals surface area contributed by atoms with Gasteiger partial charge in [-0.3, -0.25) is 4.79 Å². The van der Waals surface area contributed by atoms with E-state index in [1.54, 1.807) is 18.9 Å². The maximum Gasteiger partial charge on any atom is 0.251 e. The highest BCUT2D eigenvalue weighted by molar-refractivity contribution is 7.98. The Balaban J connectivity index is 1.16. The van der Waals surface area contributed by atoms with E-state index < -0.39 is 0 Å². The van der Waals surface area contributed by atoms with Crippen LogP contribution in [0.5, 0.6) is 5.75 Å². The number of nitrogens with zero attached hydrogens (tertiary/aromatic N) is 4. The minimum Gasteiger partial charge on any atom is -0.497 e. The monoisotopic (exact) mass is 551 g/mol. The van der Waals surface area contributed by atoms with Gasteiger partial charge in [-0.25, -0.2) is 9.97 Å². The lowest BCUT2D eigenvalue weighted by Gasteiger charge is -2.37. The van der Waals surface area contributed by atoms with Crippen molar-refractivity contribution in [3.8, 4) is 17.0 Å². The van der Waals surface area contributed by atoms with Crippen molar-refractivity contribution < 1.29 is 9.53 Å². The highest BCUT2D eigenvalue weighted by Gasteiger charge is 2.24. The predicted molar refractivity (Wildman–Crippen MR) is 161 cm³/mol. The van der Waals surface area contributed by atoms with Crippen LogP contribution in [0.2, 0.25) is 0 Å². The maximum atomic E-state index is 12.3. The van der Waals surface area contributed by atoms with Crippen molar-refractivity contribution in [2.45, 2.75) is 29.8 Å². The molecule has 7 nitrogen and oxygen atoms in total. The van der Waals surface area contributed by atoms with Crippen LogP contribution in [0.3, 0.4) is 0 Å². The molecule has 0 bridgehead atoms. The van der Waals surface area contributed by atoms with Crippen LogP contribution >= 0.6 is 11.8 Å². The fourth-order valence-electron chi connectivity index (χ4n) is 4.78. The predicted octanol–water partition coefficient (Wildman–Crippen LogP) is 5.66. The van der Waals surface area contributed by atoms with E-state index in [1.165, 1.54) is 5.69 Å². The summed E-state index contributed by atoms with van der Waals surface area (Å²) in [6.45, 7) is 3.60. The summed E-state index contributed by atoms with van der Waals surface area (Å²) in [5.74, 6) is 2.57. The lowest BCUT2D eigenvalue weighted by Crippen LogP contribution is -2.46. The first-order valence-corrected chi connectivity index (χ1v) is 14.7. The number of ether oxygens (including phenoxy) is 1. The lowest BCUT2D eigenvalue weighted by molar-refractivity contribution is 0.0951. The number of carbonyl (C=O) groups excluding carboxylic acids is 1. The van der Waals surface area contributed by atoms with Crippen molar-refractivity contribution in [3.05, 3.63) is 96.1 Å². The highest BCUT2D eigenvalue weighted by atomic mass is 32.2. The van der Waals surface area contributed by atoms with Gasteiger partial charge in [-0.1, -0.05) is 54.2 Å². The van der Waals surface area contributed by atoms with Crippen molar-refractivity contribution in [1.82, 2.24) is 15.3 Å². The number of amides is 1. The van der Waals surface area contributed by atoms with Gasteiger partial charge in [0, 0.05) is 60.9 Å². The number of anilines is 2. The highest BCUT2D eigenvalue weighted by Crippen LogP contribution is 2.29. The zero-order valence-electron chi connectivity index (χ0n) is 22.6. The molecule has 1 saturated heterocycles. The second-order valence-corrected chi connectivity index (χ2v) is 11.1. The van der Waals surface area contributed by atoms with E-state index in [9.17, 15) is 4.79 Å². The Bertz CT molecular complexity index is 1430. The molecule has 1 aromatic heterocycles. The minimum atomic E-state index is 0.0114. The van der Waals surface area contributed by atoms with Gasteiger partial charge in [0.25, 0.3) is 5.91 Å². The molecule has 1 amide bonds. The van der Waals surface area contributed by atoms with Gasteiger partial charge in [-0.2, -0.15) is 0 Å². The molecule has 4 aromatic rings. The number of nitrogens with one attached hydrogen (secondary N) is 1. The van der Waals surface area contributed by atoms with Crippen LogP contribution in [0.1, 0.15) is 28.8 Å². The first kappa shape index (κ1) is 26.2. The van der Waals surface area contributed by atoms with Crippen LogP contribution in [0.25, 0.3) is 11.3 Å². The molecule has 40 heavy (non-hydrogen) atoms. The summed E-state index contributed by atoms with van der Waals surface area (Å²) in [4.78, 5) is 27.0. The van der Waals surface area contributed by atoms with Gasteiger partial charge in [0.05, 0.1) is 12.8 Å². The molecule has 6 rings (SSSR count). The molecule has 0 unspecified atom stereocenters. The molecule has 204 valence electrons. The number of methoxy groups -OCH3 is 1. The average Bonchev–Trinajstić information content (AvgIpc) is 3.85. The normalized spacial score (nSPS) is 15.1. The Hall–Kier alpha value is -4.04. The molecule has 2 heterocycles. The van der Waals surface area contributed by atoms with Gasteiger partial charge in [-0.05, 0) is 54.8 Å². The fourth-order valence-corrected chi connectivity index (χ4v) is 5.59. The van der Waals surface area contributed by atoms with Crippen LogP contribution in [0.4, 0.5) is 11.5 Å². The third-order valence-corrected chi connectivity index (χ3v) is 8.22. The number of rotatable bonds is 9. The van der Waals surface area contributed by atoms with Crippen LogP contribution in [0, 0.1) is 0 Å². The van der Waals surface area contributed by atoms with E-state index in [-0.39, 0.29) is 5.91 Å². The first-order chi connectivity index (χ1) is 19.6. The first-order valence-electron chi connectivity index (χ1n) is 13.8. The molecule has 3 aromatic carbocycles. The molecule has 1 saturated carbocycles. The summed E-state index contributed by atoms with van der Waals surface area (Å²) >= 11 is 1.62. The zero-order chi connectivity index (χ0) is 27.3. The summed E-state index contributed by atoms with van der Waals surface area (Å²) in [7, 11) is 1.69. The molecule has 1 N–H and O–H groups in total. The zero-order valence-corrected chi connectivity index (χ0v) is 23.4. The third-order valence-electron chi connectivity index (χ3n) is 7.30. The van der Waals surface area contributed by atoms with Gasteiger partial charge in [0.2, 0.25) is 0 Å². The van der Waals surface area contributed by atoms with Crippen molar-refractivity contribution in [1.29, 1.82) is 0 Å². The van der Waals surface area contributed by atoms with Crippen LogP contribution in [0.15, 0.2) is 90.1 Å². The average molecular weight is 552 g/mol. The van der Waals surface area contributed by atoms with Gasteiger partial charge >= 0.3 is 0 Å². The molecule has 2 aliphatic rings. The summed E-state index contributed by atoms with van der Waals surface area (Å²) in [6, 6.07) is 28.9. The topological polar surface area (TPSA) is 70.6 Å². The minimum absolute atomic E-state index is 0.0114. The van der Waals surface area contributed by atoms with Crippen LogP contribution in [-0.2, 0) is 5.75 Å². The maximum absolute atomic E-state index is 12.3. The Morgan fingerprint density at radius 3 is 2.27 bits per heavy atom. The van der Waals surface area contributed by atoms with Crippen molar-refractivity contribution in [3.63, 3.8) is 0 Å². The van der Waals surface area contributed by atoms with Crippen molar-refractivity contribution >= 4 is 29.2 Å². The number of hydrogen-bond acceptors (Lipinski definition) is 7. The number of benzene rings is 3. The molecular formula is C32H33N5O2S. The molecule has 1 aliphatic heterocycles. The molecule has 0 atom stereocenters. The second-order valence-electron chi connectivity index (χ2n) is 10.2. The number of carbonyl (C=O) groups is 1. The number of thioether (sulfide) groups is 1. The van der Waals surface area contributed by atoms with E-state index in [1.807, 2.05) is 54.6 Å². The summed E-state index contributed by atoms with van der Waals surface area (Å²) in [5, 5.41) is 3.80. The Kier molecular flexibility index (Phi) is 7.86. The largest absolute Gasteiger partial charge is 0.497 e. The van der Waals surface area contributed by atoms with Gasteiger partial charge < -0.3 is 19.9 Å². The summed E-state index contributed by atoms with van der Waals surface area (Å²) in [5.41, 5.74) is 5.06. The van der Waals surface area contributed by atoms with E-state index in [0.29, 0.717) is 11.6 Å². The number of aromatic nitrogens is 2. The fraction of sp³-hybridized carbons (Fsp3) is 0.281. The summed E-state index contributed by atoms with van der Waals surface area (Å²) in [6.07, 6.45) is 2.17. The molecule has 0 radical (unpaired) electrons. The Morgan fingerprint density at radius 1 is 0.900 bits per heavy atom. The van der Waals surface area contributed by atoms with E-state index in [4.69, 9.17) is 14.7 Å². The van der Waals surface area contributed by atoms with Gasteiger partial charge in [0.15, 0.2) is 5.16 Å². The Labute approximate surface area is 239 Å². The number of hydrogen-bond donors (Lipinski definition) is 1. The lowest BCUT2D eigenvalue weighted by atomic mass is 10.1. The summed E-state index contributed by atoms with van der Waals surface area (Å²) < 4.78 is 5.31. The van der Waals surface area contributed by atoms with Gasteiger partial charge in [-0.15, -0.1) is 0 Å². The molecule has 1 aliphatic carbocycles. The molecular weight excluding hydrogens is 518 g/mol. The molecule has 0 spiro atoms. The number of piperazine rings is 1. The SMILES string of the molecule is COc1ccc(N2CCN(c3cc(-c4ccccc4)nc(SCc4ccc(C(=O)NC5CC5)cc4)n3)CC2)cc1. The second kappa shape index (κ2) is 12.0. The smallest absolute Gasteiger partial charge is 0.251 e. The standard InChI is InChI=1S/C32H33N5O2S/c1-39-28-15-13-27(14-16-28)36-17-19-37(20-18-36)30-21-29(24-5-3-2-4-6-24)34-32(35-30)40-22-23-7-9-25(10-8-23)31(38)33-26-11-12-26/h2-10,13-16,21,26H,11-12,17-20,22H2,1H3,(H,33,38). The quantitative estimate of drug-likeness (QED) is 0.213. The van der Waals surface area contributed by atoms with E-state index >= 15 is 0 Å². The van der Waals surface area contributed by atoms with Crippen LogP contribution in [-0.4, -0.2) is 55.2 Å². The molecule has 8 heteroatoms. The third kappa shape index (κ3) is 6.39. The van der Waals surface area contributed by atoms with Gasteiger partial charge in [0.1, 0.15) is 11.6 Å². The van der Waals surface area contributed by atoms with E-state index in [0.717, 1.165) is 78.3 Å². The molecule has 2 fully saturated rings. The van der Waals surface area contributed by atoms with Crippen molar-refractivity contribution in [2.24, 2.45) is 0 Å². The van der Waals surface area contributed by atoms with Crippen molar-refractivity contribution in [2.75, 3.05) is 43.1 Å². The Morgan fingerprint density at radius 2 is 1.60 bits per heavy atom.